The van der Waals surface area contributed by atoms with Gasteiger partial charge in [0, 0.05) is 13.0 Å². The monoisotopic (exact) mass is 379 g/mol. The molecule has 0 spiro atoms. The molecule has 1 aromatic carbocycles. The fraction of sp³-hybridized carbons (Fsp3) is 0.550. The second-order valence-electron chi connectivity index (χ2n) is 5.91. The predicted molar refractivity (Wildman–Crippen MR) is 101 cm³/mol. The van der Waals surface area contributed by atoms with E-state index in [-0.39, 0.29) is 19.0 Å². The average molecular weight is 379 g/mol. The Morgan fingerprint density at radius 2 is 1.70 bits per heavy atom. The third kappa shape index (κ3) is 10.2. The largest absolute Gasteiger partial charge is 0.494 e. The van der Waals surface area contributed by atoms with Crippen molar-refractivity contribution >= 4 is 17.8 Å². The first-order valence-corrected chi connectivity index (χ1v) is 9.39. The van der Waals surface area contributed by atoms with Crippen LogP contribution < -0.4 is 10.1 Å². The smallest absolute Gasteiger partial charge is 0.338 e. The molecule has 27 heavy (non-hydrogen) atoms. The number of ether oxygens (including phenoxy) is 3. The Bertz CT molecular complexity index is 585. The van der Waals surface area contributed by atoms with Gasteiger partial charge in [0.05, 0.1) is 18.8 Å². The van der Waals surface area contributed by atoms with Gasteiger partial charge in [0.15, 0.2) is 6.61 Å². The van der Waals surface area contributed by atoms with Crippen molar-refractivity contribution in [2.24, 2.45) is 0 Å². The summed E-state index contributed by atoms with van der Waals surface area (Å²) in [4.78, 5) is 34.8. The van der Waals surface area contributed by atoms with Gasteiger partial charge in [-0.2, -0.15) is 0 Å². The topological polar surface area (TPSA) is 90.9 Å². The third-order valence-electron chi connectivity index (χ3n) is 3.63. The summed E-state index contributed by atoms with van der Waals surface area (Å²) in [6, 6.07) is 6.62. The molecule has 7 heteroatoms. The summed E-state index contributed by atoms with van der Waals surface area (Å²) in [6.07, 6.45) is 3.95. The number of hydrogen-bond acceptors (Lipinski definition) is 6. The molecule has 0 fully saturated rings. The Labute approximate surface area is 160 Å². The van der Waals surface area contributed by atoms with Gasteiger partial charge in [-0.15, -0.1) is 0 Å². The Morgan fingerprint density at radius 3 is 2.37 bits per heavy atom. The Morgan fingerprint density at radius 1 is 0.963 bits per heavy atom. The molecule has 0 radical (unpaired) electrons. The minimum atomic E-state index is -0.575. The summed E-state index contributed by atoms with van der Waals surface area (Å²) in [5.41, 5.74) is 0.353. The van der Waals surface area contributed by atoms with Gasteiger partial charge in [-0.1, -0.05) is 19.8 Å². The van der Waals surface area contributed by atoms with E-state index in [1.165, 1.54) is 0 Å². The highest BCUT2D eigenvalue weighted by Crippen LogP contribution is 2.13. The van der Waals surface area contributed by atoms with Crippen LogP contribution in [0.3, 0.4) is 0 Å². The molecule has 0 aliphatic heterocycles. The van der Waals surface area contributed by atoms with E-state index in [4.69, 9.17) is 14.2 Å². The molecule has 0 atom stereocenters. The molecule has 0 heterocycles. The van der Waals surface area contributed by atoms with Gasteiger partial charge in [-0.3, -0.25) is 9.59 Å². The van der Waals surface area contributed by atoms with Crippen LogP contribution in [0.1, 0.15) is 56.3 Å². The molecule has 1 N–H and O–H groups in total. The molecule has 0 aromatic heterocycles. The highest BCUT2D eigenvalue weighted by molar-refractivity contribution is 5.91. The van der Waals surface area contributed by atoms with Crippen LogP contribution in [0.5, 0.6) is 5.75 Å². The van der Waals surface area contributed by atoms with Crippen LogP contribution >= 0.6 is 0 Å². The lowest BCUT2D eigenvalue weighted by Crippen LogP contribution is -2.30. The lowest BCUT2D eigenvalue weighted by molar-refractivity contribution is -0.143. The van der Waals surface area contributed by atoms with Crippen LogP contribution in [0.25, 0.3) is 0 Å². The summed E-state index contributed by atoms with van der Waals surface area (Å²) in [5.74, 6) is -0.588. The maximum absolute atomic E-state index is 11.9. The summed E-state index contributed by atoms with van der Waals surface area (Å²) in [5, 5.41) is 2.59. The van der Waals surface area contributed by atoms with Crippen molar-refractivity contribution in [1.82, 2.24) is 5.32 Å². The van der Waals surface area contributed by atoms with Crippen molar-refractivity contribution in [2.45, 2.75) is 46.0 Å². The number of carbonyl (C=O) groups excluding carboxylic acids is 3. The number of benzene rings is 1. The SMILES string of the molecule is CCCCCOc1ccc(C(=O)OCC(=O)NCCCC(=O)OCC)cc1. The van der Waals surface area contributed by atoms with Gasteiger partial charge < -0.3 is 19.5 Å². The number of amides is 1. The average Bonchev–Trinajstić information content (AvgIpc) is 2.67. The van der Waals surface area contributed by atoms with Crippen LogP contribution in [0.4, 0.5) is 0 Å². The third-order valence-corrected chi connectivity index (χ3v) is 3.63. The van der Waals surface area contributed by atoms with Gasteiger partial charge in [0.1, 0.15) is 5.75 Å². The molecule has 1 aromatic rings. The molecule has 0 aliphatic rings. The summed E-state index contributed by atoms with van der Waals surface area (Å²) < 4.78 is 15.3. The van der Waals surface area contributed by atoms with Crippen molar-refractivity contribution in [1.29, 1.82) is 0 Å². The first-order valence-electron chi connectivity index (χ1n) is 9.39. The number of carbonyl (C=O) groups is 3. The van der Waals surface area contributed by atoms with Gasteiger partial charge in [0.25, 0.3) is 5.91 Å². The van der Waals surface area contributed by atoms with Gasteiger partial charge in [0.2, 0.25) is 0 Å². The van der Waals surface area contributed by atoms with E-state index >= 15 is 0 Å². The van der Waals surface area contributed by atoms with E-state index in [9.17, 15) is 14.4 Å². The number of nitrogens with one attached hydrogen (secondary N) is 1. The fourth-order valence-corrected chi connectivity index (χ4v) is 2.19. The standard InChI is InChI=1S/C20H29NO6/c1-3-5-6-14-26-17-11-9-16(10-12-17)20(24)27-15-18(22)21-13-7-8-19(23)25-4-2/h9-12H,3-8,13-15H2,1-2H3,(H,21,22). The molecular weight excluding hydrogens is 350 g/mol. The Kier molecular flexibility index (Phi) is 11.3. The molecule has 1 amide bonds. The van der Waals surface area contributed by atoms with Gasteiger partial charge in [-0.05, 0) is 44.0 Å². The first kappa shape index (κ1) is 22.5. The van der Waals surface area contributed by atoms with Crippen molar-refractivity contribution < 1.29 is 28.6 Å². The zero-order valence-corrected chi connectivity index (χ0v) is 16.1. The van der Waals surface area contributed by atoms with Crippen LogP contribution in [-0.4, -0.2) is 44.2 Å². The lowest BCUT2D eigenvalue weighted by Gasteiger charge is -2.08. The fourth-order valence-electron chi connectivity index (χ4n) is 2.19. The van der Waals surface area contributed by atoms with Crippen LogP contribution in [-0.2, 0) is 19.1 Å². The van der Waals surface area contributed by atoms with Gasteiger partial charge >= 0.3 is 11.9 Å². The van der Waals surface area contributed by atoms with Crippen molar-refractivity contribution in [3.8, 4) is 5.75 Å². The Hall–Kier alpha value is -2.57. The van der Waals surface area contributed by atoms with Crippen LogP contribution in [0, 0.1) is 0 Å². The number of unbranched alkanes of at least 4 members (excludes halogenated alkanes) is 2. The molecule has 0 bridgehead atoms. The normalized spacial score (nSPS) is 10.1. The summed E-state index contributed by atoms with van der Waals surface area (Å²) in [7, 11) is 0. The van der Waals surface area contributed by atoms with E-state index in [2.05, 4.69) is 12.2 Å². The first-order chi connectivity index (χ1) is 13.1. The maximum Gasteiger partial charge on any atom is 0.338 e. The molecule has 1 rings (SSSR count). The summed E-state index contributed by atoms with van der Waals surface area (Å²) in [6.45, 7) is 4.81. The van der Waals surface area contributed by atoms with E-state index in [1.54, 1.807) is 31.2 Å². The van der Waals surface area contributed by atoms with Gasteiger partial charge in [-0.25, -0.2) is 4.79 Å². The van der Waals surface area contributed by atoms with Crippen molar-refractivity contribution in [3.05, 3.63) is 29.8 Å². The van der Waals surface area contributed by atoms with E-state index in [1.807, 2.05) is 0 Å². The second-order valence-corrected chi connectivity index (χ2v) is 5.91. The summed E-state index contributed by atoms with van der Waals surface area (Å²) >= 11 is 0. The molecule has 150 valence electrons. The molecular formula is C20H29NO6. The highest BCUT2D eigenvalue weighted by Gasteiger charge is 2.10. The zero-order valence-electron chi connectivity index (χ0n) is 16.1. The Balaban J connectivity index is 2.23. The minimum Gasteiger partial charge on any atom is -0.494 e. The molecule has 0 unspecified atom stereocenters. The van der Waals surface area contributed by atoms with E-state index < -0.39 is 11.9 Å². The highest BCUT2D eigenvalue weighted by atomic mass is 16.5. The minimum absolute atomic E-state index is 0.237. The van der Waals surface area contributed by atoms with E-state index in [0.29, 0.717) is 37.5 Å². The predicted octanol–water partition coefficient (Wildman–Crippen LogP) is 2.87. The molecule has 0 saturated carbocycles. The number of hydrogen-bond donors (Lipinski definition) is 1. The lowest BCUT2D eigenvalue weighted by atomic mass is 10.2. The van der Waals surface area contributed by atoms with E-state index in [0.717, 1.165) is 19.3 Å². The molecule has 0 saturated heterocycles. The molecule has 0 aliphatic carbocycles. The van der Waals surface area contributed by atoms with Crippen LogP contribution in [0.15, 0.2) is 24.3 Å². The molecule has 7 nitrogen and oxygen atoms in total. The quantitative estimate of drug-likeness (QED) is 0.419. The number of rotatable bonds is 13. The number of esters is 2. The second kappa shape index (κ2) is 13.6. The van der Waals surface area contributed by atoms with Crippen LogP contribution in [0.2, 0.25) is 0 Å². The van der Waals surface area contributed by atoms with Crippen molar-refractivity contribution in [3.63, 3.8) is 0 Å². The van der Waals surface area contributed by atoms with Crippen molar-refractivity contribution in [2.75, 3.05) is 26.4 Å². The zero-order chi connectivity index (χ0) is 19.9. The maximum atomic E-state index is 11.9.